The third-order valence-electron chi connectivity index (χ3n) is 2.36. The Morgan fingerprint density at radius 1 is 1.42 bits per heavy atom. The Hall–Kier alpha value is -1.29. The predicted molar refractivity (Wildman–Crippen MR) is 72.1 cm³/mol. The van der Waals surface area contributed by atoms with Crippen LogP contribution >= 0.6 is 11.3 Å². The normalized spacial score (nSPS) is 11.9. The zero-order valence-corrected chi connectivity index (χ0v) is 12.3. The van der Waals surface area contributed by atoms with Crippen LogP contribution in [-0.4, -0.2) is 30.2 Å². The summed E-state index contributed by atoms with van der Waals surface area (Å²) in [5.74, 6) is 0.441. The summed E-state index contributed by atoms with van der Waals surface area (Å²) in [6, 6.07) is 1.66. The van der Waals surface area contributed by atoms with Gasteiger partial charge in [0.2, 0.25) is 10.0 Å². The second-order valence-electron chi connectivity index (χ2n) is 3.94. The molecule has 104 valence electrons. The molecule has 2 N–H and O–H groups in total. The van der Waals surface area contributed by atoms with Crippen molar-refractivity contribution < 1.29 is 8.42 Å². The molecule has 19 heavy (non-hydrogen) atoms. The molecule has 0 fully saturated rings. The van der Waals surface area contributed by atoms with Crippen LogP contribution in [0.15, 0.2) is 22.7 Å². The molecule has 2 heterocycles. The Morgan fingerprint density at radius 2 is 2.21 bits per heavy atom. The number of rotatable bonds is 6. The number of aromatic nitrogens is 3. The van der Waals surface area contributed by atoms with Gasteiger partial charge in [-0.3, -0.25) is 4.68 Å². The van der Waals surface area contributed by atoms with Crippen LogP contribution in [0.25, 0.3) is 0 Å². The van der Waals surface area contributed by atoms with Gasteiger partial charge in [0, 0.05) is 23.8 Å². The standard InChI is InChI=1S/C10H15N5O2S2/c1-11-4-8-3-9(6-18-8)19(16,17)13-5-10-12-7-15(2)14-10/h3,6-7,11,13H,4-5H2,1-2H3. The second-order valence-corrected chi connectivity index (χ2v) is 6.70. The molecular formula is C10H15N5O2S2. The molecule has 7 nitrogen and oxygen atoms in total. The maximum Gasteiger partial charge on any atom is 0.241 e. The Labute approximate surface area is 115 Å². The van der Waals surface area contributed by atoms with Crippen molar-refractivity contribution in [2.24, 2.45) is 7.05 Å². The van der Waals surface area contributed by atoms with Crippen molar-refractivity contribution >= 4 is 21.4 Å². The van der Waals surface area contributed by atoms with Crippen LogP contribution in [0.3, 0.4) is 0 Å². The van der Waals surface area contributed by atoms with E-state index in [4.69, 9.17) is 0 Å². The molecule has 0 aliphatic rings. The smallest absolute Gasteiger partial charge is 0.241 e. The molecule has 0 saturated carbocycles. The average molecular weight is 301 g/mol. The first-order valence-electron chi connectivity index (χ1n) is 5.57. The maximum absolute atomic E-state index is 12.0. The molecule has 0 aromatic carbocycles. The van der Waals surface area contributed by atoms with Crippen LogP contribution in [0.2, 0.25) is 0 Å². The number of hydrogen-bond acceptors (Lipinski definition) is 6. The summed E-state index contributed by atoms with van der Waals surface area (Å²) in [5.41, 5.74) is 0. The number of hydrogen-bond donors (Lipinski definition) is 2. The van der Waals surface area contributed by atoms with E-state index in [1.165, 1.54) is 22.3 Å². The fourth-order valence-electron chi connectivity index (χ4n) is 1.48. The van der Waals surface area contributed by atoms with Gasteiger partial charge in [0.25, 0.3) is 0 Å². The zero-order valence-electron chi connectivity index (χ0n) is 10.6. The van der Waals surface area contributed by atoms with Crippen LogP contribution in [0.5, 0.6) is 0 Å². The van der Waals surface area contributed by atoms with E-state index in [1.54, 1.807) is 18.5 Å². The Bertz CT molecular complexity index is 646. The first kappa shape index (κ1) is 14.1. The predicted octanol–water partition coefficient (Wildman–Crippen LogP) is 0.0745. The van der Waals surface area contributed by atoms with Gasteiger partial charge in [-0.25, -0.2) is 18.1 Å². The molecule has 0 amide bonds. The van der Waals surface area contributed by atoms with Crippen molar-refractivity contribution in [3.05, 3.63) is 28.5 Å². The highest BCUT2D eigenvalue weighted by Gasteiger charge is 2.16. The van der Waals surface area contributed by atoms with Gasteiger partial charge in [0.15, 0.2) is 5.82 Å². The molecule has 0 radical (unpaired) electrons. The summed E-state index contributed by atoms with van der Waals surface area (Å²) in [7, 11) is 0.0451. The fourth-order valence-corrected chi connectivity index (χ4v) is 3.74. The van der Waals surface area contributed by atoms with E-state index in [1.807, 2.05) is 7.05 Å². The number of sulfonamides is 1. The molecule has 0 spiro atoms. The van der Waals surface area contributed by atoms with Gasteiger partial charge in [0.1, 0.15) is 6.33 Å². The van der Waals surface area contributed by atoms with Crippen molar-refractivity contribution in [2.75, 3.05) is 7.05 Å². The number of nitrogens with one attached hydrogen (secondary N) is 2. The minimum Gasteiger partial charge on any atom is -0.315 e. The zero-order chi connectivity index (χ0) is 13.9. The molecular weight excluding hydrogens is 286 g/mol. The highest BCUT2D eigenvalue weighted by atomic mass is 32.2. The molecule has 2 aromatic heterocycles. The minimum atomic E-state index is -3.50. The van der Waals surface area contributed by atoms with Crippen LogP contribution in [0.4, 0.5) is 0 Å². The lowest BCUT2D eigenvalue weighted by molar-refractivity contribution is 0.579. The lowest BCUT2D eigenvalue weighted by Gasteiger charge is -2.01. The number of nitrogens with zero attached hydrogens (tertiary/aromatic N) is 3. The molecule has 9 heteroatoms. The van der Waals surface area contributed by atoms with Crippen LogP contribution in [-0.2, 0) is 30.2 Å². The molecule has 0 bridgehead atoms. The average Bonchev–Trinajstić information content (AvgIpc) is 2.97. The van der Waals surface area contributed by atoms with E-state index in [0.29, 0.717) is 12.4 Å². The molecule has 0 aliphatic carbocycles. The largest absolute Gasteiger partial charge is 0.315 e. The SMILES string of the molecule is CNCc1cc(S(=O)(=O)NCc2ncn(C)n2)cs1. The van der Waals surface area contributed by atoms with Crippen molar-refractivity contribution in [1.29, 1.82) is 0 Å². The summed E-state index contributed by atoms with van der Waals surface area (Å²) in [5, 5.41) is 8.62. The minimum absolute atomic E-state index is 0.0837. The van der Waals surface area contributed by atoms with Gasteiger partial charge in [-0.2, -0.15) is 5.10 Å². The number of aryl methyl sites for hydroxylation is 1. The summed E-state index contributed by atoms with van der Waals surface area (Å²) in [6.07, 6.45) is 1.53. The van der Waals surface area contributed by atoms with E-state index in [9.17, 15) is 8.42 Å². The molecule has 0 unspecified atom stereocenters. The van der Waals surface area contributed by atoms with Crippen LogP contribution < -0.4 is 10.0 Å². The van der Waals surface area contributed by atoms with Crippen molar-refractivity contribution in [2.45, 2.75) is 18.0 Å². The maximum atomic E-state index is 12.0. The fraction of sp³-hybridized carbons (Fsp3) is 0.400. The van der Waals surface area contributed by atoms with Crippen molar-refractivity contribution in [3.63, 3.8) is 0 Å². The van der Waals surface area contributed by atoms with Crippen molar-refractivity contribution in [3.8, 4) is 0 Å². The Morgan fingerprint density at radius 3 is 2.84 bits per heavy atom. The molecule has 2 aromatic rings. The van der Waals surface area contributed by atoms with Gasteiger partial charge in [-0.15, -0.1) is 11.3 Å². The molecule has 0 aliphatic heterocycles. The van der Waals surface area contributed by atoms with Gasteiger partial charge in [-0.05, 0) is 13.1 Å². The third-order valence-corrected chi connectivity index (χ3v) is 4.82. The van der Waals surface area contributed by atoms with E-state index < -0.39 is 10.0 Å². The quantitative estimate of drug-likeness (QED) is 0.788. The van der Waals surface area contributed by atoms with Crippen LogP contribution in [0.1, 0.15) is 10.7 Å². The van der Waals surface area contributed by atoms with E-state index in [2.05, 4.69) is 20.1 Å². The van der Waals surface area contributed by atoms with Crippen molar-refractivity contribution in [1.82, 2.24) is 24.8 Å². The lowest BCUT2D eigenvalue weighted by atomic mass is 10.5. The first-order chi connectivity index (χ1) is 9.01. The molecule has 0 saturated heterocycles. The van der Waals surface area contributed by atoms with E-state index in [-0.39, 0.29) is 11.4 Å². The topological polar surface area (TPSA) is 88.9 Å². The Balaban J connectivity index is 2.04. The molecule has 0 atom stereocenters. The van der Waals surface area contributed by atoms with Crippen LogP contribution in [0, 0.1) is 0 Å². The summed E-state index contributed by atoms with van der Waals surface area (Å²) in [6.45, 7) is 0.738. The lowest BCUT2D eigenvalue weighted by Crippen LogP contribution is -2.23. The molecule has 2 rings (SSSR count). The highest BCUT2D eigenvalue weighted by Crippen LogP contribution is 2.19. The van der Waals surface area contributed by atoms with Gasteiger partial charge in [0.05, 0.1) is 11.4 Å². The summed E-state index contributed by atoms with van der Waals surface area (Å²) in [4.78, 5) is 5.21. The number of thiophene rings is 1. The van der Waals surface area contributed by atoms with Gasteiger partial charge < -0.3 is 5.32 Å². The summed E-state index contributed by atoms with van der Waals surface area (Å²) >= 11 is 1.41. The van der Waals surface area contributed by atoms with E-state index >= 15 is 0 Å². The van der Waals surface area contributed by atoms with Gasteiger partial charge in [-0.1, -0.05) is 0 Å². The third kappa shape index (κ3) is 3.60. The summed E-state index contributed by atoms with van der Waals surface area (Å²) < 4.78 is 28.1. The van der Waals surface area contributed by atoms with E-state index in [0.717, 1.165) is 4.88 Å². The monoisotopic (exact) mass is 301 g/mol. The van der Waals surface area contributed by atoms with Gasteiger partial charge >= 0.3 is 0 Å². The second kappa shape index (κ2) is 5.78. The Kier molecular flexibility index (Phi) is 4.30. The first-order valence-corrected chi connectivity index (χ1v) is 7.94. The highest BCUT2D eigenvalue weighted by molar-refractivity contribution is 7.89.